The Balaban J connectivity index is 1.33. The Kier molecular flexibility index (Phi) is 5.21. The lowest BCUT2D eigenvalue weighted by atomic mass is 10.0. The monoisotopic (exact) mass is 466 g/mol. The molecule has 3 heterocycles. The van der Waals surface area contributed by atoms with Crippen LogP contribution >= 0.6 is 0 Å². The number of amides is 1. The fourth-order valence-corrected chi connectivity index (χ4v) is 5.58. The second-order valence-corrected chi connectivity index (χ2v) is 9.17. The molecule has 176 valence electrons. The van der Waals surface area contributed by atoms with Crippen molar-refractivity contribution in [3.8, 4) is 22.8 Å². The lowest BCUT2D eigenvalue weighted by molar-refractivity contribution is -0.127. The Hall–Kier alpha value is -4.20. The molecule has 0 spiro atoms. The number of likely N-dealkylation sites (tertiary alicyclic amines) is 1. The fraction of sp³-hybridized carbons (Fsp3) is 0.259. The first kappa shape index (κ1) is 21.3. The molecular formula is C27H26N6O2. The molecule has 1 aliphatic carbocycles. The average molecular weight is 467 g/mol. The smallest absolute Gasteiger partial charge is 0.246 e. The van der Waals surface area contributed by atoms with Crippen molar-refractivity contribution in [2.24, 2.45) is 5.92 Å². The van der Waals surface area contributed by atoms with Crippen LogP contribution in [0.25, 0.3) is 22.3 Å². The van der Waals surface area contributed by atoms with Gasteiger partial charge in [-0.15, -0.1) is 0 Å². The number of nitrogens with zero attached hydrogens (tertiary/aromatic N) is 5. The number of fused-ring (bicyclic) bond motifs is 2. The van der Waals surface area contributed by atoms with Crippen molar-refractivity contribution < 1.29 is 9.53 Å². The van der Waals surface area contributed by atoms with Crippen LogP contribution in [-0.4, -0.2) is 43.1 Å². The SMILES string of the molecule is C=CC(=O)N1CCC2CC(n3nc(-c4ccc(Oc5ccccc5)cc4)c4c(N)ncnc43)CC21. The minimum Gasteiger partial charge on any atom is -0.457 e. The van der Waals surface area contributed by atoms with Crippen molar-refractivity contribution in [3.05, 3.63) is 73.6 Å². The summed E-state index contributed by atoms with van der Waals surface area (Å²) in [6.45, 7) is 4.46. The molecule has 2 aromatic carbocycles. The number of aromatic nitrogens is 4. The highest BCUT2D eigenvalue weighted by Gasteiger charge is 2.45. The van der Waals surface area contributed by atoms with Gasteiger partial charge in [-0.05, 0) is 67.7 Å². The number of rotatable bonds is 5. The molecule has 0 bridgehead atoms. The van der Waals surface area contributed by atoms with E-state index >= 15 is 0 Å². The van der Waals surface area contributed by atoms with Crippen molar-refractivity contribution in [3.63, 3.8) is 0 Å². The Morgan fingerprint density at radius 3 is 2.60 bits per heavy atom. The molecule has 2 aliphatic rings. The van der Waals surface area contributed by atoms with Crippen molar-refractivity contribution in [1.29, 1.82) is 0 Å². The predicted molar refractivity (Wildman–Crippen MR) is 134 cm³/mol. The average Bonchev–Trinajstić information content (AvgIpc) is 3.58. The van der Waals surface area contributed by atoms with Gasteiger partial charge in [0.15, 0.2) is 5.65 Å². The zero-order chi connectivity index (χ0) is 23.9. The number of hydrogen-bond donors (Lipinski definition) is 1. The number of ether oxygens (including phenoxy) is 1. The van der Waals surface area contributed by atoms with Crippen molar-refractivity contribution in [1.82, 2.24) is 24.6 Å². The van der Waals surface area contributed by atoms with Gasteiger partial charge < -0.3 is 15.4 Å². The van der Waals surface area contributed by atoms with E-state index in [1.807, 2.05) is 64.2 Å². The third kappa shape index (κ3) is 3.71. The summed E-state index contributed by atoms with van der Waals surface area (Å²) in [6, 6.07) is 17.8. The maximum Gasteiger partial charge on any atom is 0.246 e. The summed E-state index contributed by atoms with van der Waals surface area (Å²) in [7, 11) is 0. The van der Waals surface area contributed by atoms with Crippen LogP contribution in [0.1, 0.15) is 25.3 Å². The molecule has 35 heavy (non-hydrogen) atoms. The third-order valence-corrected chi connectivity index (χ3v) is 7.20. The molecule has 2 N–H and O–H groups in total. The highest BCUT2D eigenvalue weighted by molar-refractivity contribution is 5.98. The molecule has 3 atom stereocenters. The quantitative estimate of drug-likeness (QED) is 0.432. The van der Waals surface area contributed by atoms with E-state index in [0.29, 0.717) is 11.7 Å². The van der Waals surface area contributed by atoms with Crippen LogP contribution in [0.5, 0.6) is 11.5 Å². The van der Waals surface area contributed by atoms with Gasteiger partial charge in [-0.3, -0.25) is 4.79 Å². The van der Waals surface area contributed by atoms with Gasteiger partial charge in [0, 0.05) is 18.2 Å². The van der Waals surface area contributed by atoms with Crippen molar-refractivity contribution in [2.75, 3.05) is 12.3 Å². The van der Waals surface area contributed by atoms with Crippen LogP contribution in [0.4, 0.5) is 5.82 Å². The molecule has 3 unspecified atom stereocenters. The summed E-state index contributed by atoms with van der Waals surface area (Å²) < 4.78 is 7.93. The maximum absolute atomic E-state index is 12.3. The first-order chi connectivity index (χ1) is 17.1. The first-order valence-corrected chi connectivity index (χ1v) is 11.9. The van der Waals surface area contributed by atoms with Gasteiger partial charge in [-0.2, -0.15) is 5.10 Å². The number of anilines is 1. The number of nitrogen functional groups attached to an aromatic ring is 1. The lowest BCUT2D eigenvalue weighted by Gasteiger charge is -2.23. The maximum atomic E-state index is 12.3. The van der Waals surface area contributed by atoms with Crippen molar-refractivity contribution >= 4 is 22.8 Å². The highest BCUT2D eigenvalue weighted by Crippen LogP contribution is 2.45. The molecular weight excluding hydrogens is 440 g/mol. The lowest BCUT2D eigenvalue weighted by Crippen LogP contribution is -2.35. The van der Waals surface area contributed by atoms with E-state index in [-0.39, 0.29) is 18.0 Å². The van der Waals surface area contributed by atoms with Crippen LogP contribution in [0.3, 0.4) is 0 Å². The Bertz CT molecular complexity index is 1400. The molecule has 1 saturated carbocycles. The number of nitrogens with two attached hydrogens (primary N) is 1. The molecule has 2 aromatic heterocycles. The summed E-state index contributed by atoms with van der Waals surface area (Å²) in [5.41, 5.74) is 8.71. The summed E-state index contributed by atoms with van der Waals surface area (Å²) in [4.78, 5) is 23.1. The van der Waals surface area contributed by atoms with Gasteiger partial charge in [0.1, 0.15) is 29.3 Å². The largest absolute Gasteiger partial charge is 0.457 e. The van der Waals surface area contributed by atoms with Gasteiger partial charge in [0.25, 0.3) is 0 Å². The van der Waals surface area contributed by atoms with Gasteiger partial charge in [-0.25, -0.2) is 14.6 Å². The van der Waals surface area contributed by atoms with E-state index in [4.69, 9.17) is 15.6 Å². The molecule has 8 nitrogen and oxygen atoms in total. The van der Waals surface area contributed by atoms with Crippen LogP contribution in [0, 0.1) is 5.92 Å². The second-order valence-electron chi connectivity index (χ2n) is 9.17. The van der Waals surface area contributed by atoms with Gasteiger partial charge in [-0.1, -0.05) is 24.8 Å². The summed E-state index contributed by atoms with van der Waals surface area (Å²) in [5, 5.41) is 5.75. The van der Waals surface area contributed by atoms with E-state index in [2.05, 4.69) is 16.5 Å². The molecule has 1 saturated heterocycles. The zero-order valence-electron chi connectivity index (χ0n) is 19.2. The summed E-state index contributed by atoms with van der Waals surface area (Å²) in [5.74, 6) is 2.39. The van der Waals surface area contributed by atoms with E-state index < -0.39 is 0 Å². The number of hydrogen-bond acceptors (Lipinski definition) is 6. The molecule has 4 aromatic rings. The number of para-hydroxylation sites is 1. The molecule has 1 aliphatic heterocycles. The first-order valence-electron chi connectivity index (χ1n) is 11.9. The zero-order valence-corrected chi connectivity index (χ0v) is 19.2. The standard InChI is InChI=1S/C27H26N6O2/c1-2-23(34)32-13-12-18-14-19(15-22(18)32)33-27-24(26(28)29-16-30-27)25(31-33)17-8-10-21(11-9-17)35-20-6-4-3-5-7-20/h2-11,16,18-19,22H,1,12-15H2,(H2,28,29,30). The molecule has 2 fully saturated rings. The summed E-state index contributed by atoms with van der Waals surface area (Å²) in [6.07, 6.45) is 5.70. The van der Waals surface area contributed by atoms with E-state index in [1.165, 1.54) is 12.4 Å². The van der Waals surface area contributed by atoms with Crippen LogP contribution < -0.4 is 10.5 Å². The van der Waals surface area contributed by atoms with Gasteiger partial charge >= 0.3 is 0 Å². The van der Waals surface area contributed by atoms with Crippen molar-refractivity contribution in [2.45, 2.75) is 31.3 Å². The fourth-order valence-electron chi connectivity index (χ4n) is 5.58. The minimum atomic E-state index is 0.00791. The topological polar surface area (TPSA) is 99.2 Å². The summed E-state index contributed by atoms with van der Waals surface area (Å²) >= 11 is 0. The van der Waals surface area contributed by atoms with Gasteiger partial charge in [0.05, 0.1) is 11.4 Å². The Morgan fingerprint density at radius 2 is 1.83 bits per heavy atom. The Morgan fingerprint density at radius 1 is 1.06 bits per heavy atom. The Labute approximate surface area is 203 Å². The number of carbonyl (C=O) groups is 1. The third-order valence-electron chi connectivity index (χ3n) is 7.20. The van der Waals surface area contributed by atoms with Crippen LogP contribution in [0.15, 0.2) is 73.6 Å². The van der Waals surface area contributed by atoms with Gasteiger partial charge in [0.2, 0.25) is 5.91 Å². The second kappa shape index (κ2) is 8.54. The molecule has 0 radical (unpaired) electrons. The van der Waals surface area contributed by atoms with Crippen LogP contribution in [0.2, 0.25) is 0 Å². The van der Waals surface area contributed by atoms with E-state index in [9.17, 15) is 4.79 Å². The van der Waals surface area contributed by atoms with E-state index in [0.717, 1.165) is 59.6 Å². The molecule has 8 heteroatoms. The normalized spacial score (nSPS) is 21.3. The minimum absolute atomic E-state index is 0.00791. The number of benzene rings is 2. The molecule has 1 amide bonds. The number of carbonyl (C=O) groups excluding carboxylic acids is 1. The predicted octanol–water partition coefficient (Wildman–Crippen LogP) is 4.61. The van der Waals surface area contributed by atoms with E-state index in [1.54, 1.807) is 0 Å². The molecule has 6 rings (SSSR count). The van der Waals surface area contributed by atoms with Crippen LogP contribution in [-0.2, 0) is 4.79 Å². The highest BCUT2D eigenvalue weighted by atomic mass is 16.5.